The third-order valence-corrected chi connectivity index (χ3v) is 6.91. The minimum atomic E-state index is -4.61. The van der Waals surface area contributed by atoms with E-state index in [1.54, 1.807) is 0 Å². The molecule has 0 fully saturated rings. The Labute approximate surface area is 256 Å². The van der Waals surface area contributed by atoms with Crippen LogP contribution in [-0.2, 0) is 14.6 Å². The molecule has 6 heteroatoms. The standard InChI is InChI=1S/C28H56O4S.K/c1-3-5-7-9-11-13-15-17-19-21-23-25-28(27-32-33(29,30)31)26-24-22-20-18-16-14-12-10-8-6-4-2;/h23,25,28H,3-22,24,26-27H2,1-2H3,(H,29,30,31);/q;+1/p-1/b25-23+;. The molecular formula is C28H55KO4S. The van der Waals surface area contributed by atoms with Crippen molar-refractivity contribution in [3.63, 3.8) is 0 Å². The average molecular weight is 527 g/mol. The summed E-state index contributed by atoms with van der Waals surface area (Å²) in [4.78, 5) is 0. The fourth-order valence-electron chi connectivity index (χ4n) is 4.34. The zero-order valence-corrected chi connectivity index (χ0v) is 27.0. The van der Waals surface area contributed by atoms with Crippen molar-refractivity contribution in [2.24, 2.45) is 5.92 Å². The number of rotatable bonds is 26. The quantitative estimate of drug-likeness (QED) is 0.0438. The Kier molecular flexibility index (Phi) is 31.7. The molecule has 0 saturated carbocycles. The summed E-state index contributed by atoms with van der Waals surface area (Å²) in [5.41, 5.74) is 0. The van der Waals surface area contributed by atoms with Gasteiger partial charge in [-0.2, -0.15) is 0 Å². The summed E-state index contributed by atoms with van der Waals surface area (Å²) in [6.45, 7) is 4.49. The van der Waals surface area contributed by atoms with Gasteiger partial charge in [0.1, 0.15) is 0 Å². The minimum Gasteiger partial charge on any atom is -0.726 e. The maximum Gasteiger partial charge on any atom is 1.00 e. The molecule has 0 aliphatic heterocycles. The molecule has 4 nitrogen and oxygen atoms in total. The summed E-state index contributed by atoms with van der Waals surface area (Å²) in [6, 6.07) is 0. The Hall–Kier alpha value is 1.25. The molecule has 0 heterocycles. The fraction of sp³-hybridized carbons (Fsp3) is 0.929. The second kappa shape index (κ2) is 28.8. The Bertz CT molecular complexity index is 522. The monoisotopic (exact) mass is 526 g/mol. The van der Waals surface area contributed by atoms with Crippen LogP contribution < -0.4 is 51.4 Å². The van der Waals surface area contributed by atoms with E-state index in [1.165, 1.54) is 122 Å². The van der Waals surface area contributed by atoms with Gasteiger partial charge in [0, 0.05) is 5.92 Å². The van der Waals surface area contributed by atoms with Crippen molar-refractivity contribution in [2.75, 3.05) is 6.61 Å². The summed E-state index contributed by atoms with van der Waals surface area (Å²) in [6.07, 6.45) is 32.2. The van der Waals surface area contributed by atoms with Crippen molar-refractivity contribution in [3.05, 3.63) is 12.2 Å². The van der Waals surface area contributed by atoms with Crippen LogP contribution in [0.3, 0.4) is 0 Å². The Morgan fingerprint density at radius 1 is 0.647 bits per heavy atom. The van der Waals surface area contributed by atoms with E-state index in [9.17, 15) is 13.0 Å². The molecule has 34 heavy (non-hydrogen) atoms. The van der Waals surface area contributed by atoms with Crippen molar-refractivity contribution in [1.29, 1.82) is 0 Å². The van der Waals surface area contributed by atoms with Crippen LogP contribution >= 0.6 is 0 Å². The third-order valence-electron chi connectivity index (χ3n) is 6.49. The minimum absolute atomic E-state index is 0. The summed E-state index contributed by atoms with van der Waals surface area (Å²) >= 11 is 0. The molecule has 0 spiro atoms. The molecule has 0 bridgehead atoms. The van der Waals surface area contributed by atoms with Crippen LogP contribution in [-0.4, -0.2) is 19.6 Å². The summed E-state index contributed by atoms with van der Waals surface area (Å²) in [5, 5.41) is 0. The summed E-state index contributed by atoms with van der Waals surface area (Å²) in [7, 11) is -4.61. The molecule has 0 N–H and O–H groups in total. The number of hydrogen-bond acceptors (Lipinski definition) is 4. The van der Waals surface area contributed by atoms with Crippen molar-refractivity contribution < 1.29 is 68.5 Å². The molecule has 1 unspecified atom stereocenters. The van der Waals surface area contributed by atoms with Crippen molar-refractivity contribution in [3.8, 4) is 0 Å². The van der Waals surface area contributed by atoms with E-state index in [4.69, 9.17) is 0 Å². The van der Waals surface area contributed by atoms with Crippen molar-refractivity contribution in [2.45, 2.75) is 155 Å². The Balaban J connectivity index is 0. The fourth-order valence-corrected chi connectivity index (χ4v) is 4.68. The average Bonchev–Trinajstić information content (AvgIpc) is 2.78. The molecule has 0 aromatic heterocycles. The predicted octanol–water partition coefficient (Wildman–Crippen LogP) is 6.26. The van der Waals surface area contributed by atoms with E-state index in [2.05, 4.69) is 30.2 Å². The molecular weight excluding hydrogens is 471 g/mol. The van der Waals surface area contributed by atoms with Crippen LogP contribution in [0.25, 0.3) is 0 Å². The first-order valence-electron chi connectivity index (χ1n) is 14.3. The number of allylic oxidation sites excluding steroid dienone is 1. The van der Waals surface area contributed by atoms with Crippen LogP contribution in [0, 0.1) is 5.92 Å². The van der Waals surface area contributed by atoms with Gasteiger partial charge in [-0.05, 0) is 19.3 Å². The molecule has 0 aliphatic carbocycles. The van der Waals surface area contributed by atoms with Gasteiger partial charge in [-0.3, -0.25) is 4.18 Å². The number of unbranched alkanes of at least 4 members (excludes halogenated alkanes) is 19. The molecule has 0 radical (unpaired) electrons. The summed E-state index contributed by atoms with van der Waals surface area (Å²) in [5.74, 6) is 0.0193. The zero-order chi connectivity index (χ0) is 24.5. The van der Waals surface area contributed by atoms with Gasteiger partial charge < -0.3 is 4.55 Å². The van der Waals surface area contributed by atoms with Gasteiger partial charge in [-0.1, -0.05) is 148 Å². The van der Waals surface area contributed by atoms with Crippen LogP contribution in [0.5, 0.6) is 0 Å². The van der Waals surface area contributed by atoms with E-state index in [1.807, 2.05) is 0 Å². The maximum atomic E-state index is 10.9. The van der Waals surface area contributed by atoms with Crippen LogP contribution in [0.15, 0.2) is 12.2 Å². The maximum absolute atomic E-state index is 10.9. The van der Waals surface area contributed by atoms with Gasteiger partial charge in [-0.25, -0.2) is 8.42 Å². The SMILES string of the molecule is CCCCCCCCCCC/C=C/C(CCCCCCCCCCCCC)COS(=O)(=O)[O-].[K+]. The van der Waals surface area contributed by atoms with Crippen molar-refractivity contribution in [1.82, 2.24) is 0 Å². The van der Waals surface area contributed by atoms with E-state index < -0.39 is 10.4 Å². The van der Waals surface area contributed by atoms with Gasteiger partial charge >= 0.3 is 51.4 Å². The van der Waals surface area contributed by atoms with Gasteiger partial charge in [0.25, 0.3) is 0 Å². The molecule has 1 atom stereocenters. The predicted molar refractivity (Wildman–Crippen MR) is 141 cm³/mol. The normalized spacial score (nSPS) is 12.8. The first-order chi connectivity index (χ1) is 16.0. The van der Waals surface area contributed by atoms with Crippen LogP contribution in [0.4, 0.5) is 0 Å². The molecule has 0 rings (SSSR count). The van der Waals surface area contributed by atoms with E-state index in [0.717, 1.165) is 19.3 Å². The first kappa shape index (κ1) is 37.4. The largest absolute Gasteiger partial charge is 1.00 e. The van der Waals surface area contributed by atoms with E-state index >= 15 is 0 Å². The van der Waals surface area contributed by atoms with Crippen LogP contribution in [0.2, 0.25) is 0 Å². The van der Waals surface area contributed by atoms with E-state index in [-0.39, 0.29) is 63.9 Å². The molecule has 0 aromatic rings. The molecule has 198 valence electrons. The molecule has 0 aliphatic rings. The topological polar surface area (TPSA) is 66.4 Å². The van der Waals surface area contributed by atoms with Gasteiger partial charge in [0.05, 0.1) is 6.61 Å². The second-order valence-electron chi connectivity index (χ2n) is 9.82. The number of hydrogen-bond donors (Lipinski definition) is 0. The molecule has 0 amide bonds. The van der Waals surface area contributed by atoms with Crippen molar-refractivity contribution >= 4 is 10.4 Å². The Morgan fingerprint density at radius 3 is 1.44 bits per heavy atom. The second-order valence-corrected chi connectivity index (χ2v) is 10.9. The van der Waals surface area contributed by atoms with Gasteiger partial charge in [0.15, 0.2) is 0 Å². The zero-order valence-electron chi connectivity index (χ0n) is 23.0. The third kappa shape index (κ3) is 31.3. The Morgan fingerprint density at radius 2 is 1.03 bits per heavy atom. The summed E-state index contributed by atoms with van der Waals surface area (Å²) < 4.78 is 37.1. The van der Waals surface area contributed by atoms with Crippen LogP contribution in [0.1, 0.15) is 155 Å². The van der Waals surface area contributed by atoms with E-state index in [0.29, 0.717) is 0 Å². The molecule has 0 saturated heterocycles. The smallest absolute Gasteiger partial charge is 0.726 e. The van der Waals surface area contributed by atoms with Gasteiger partial charge in [0.2, 0.25) is 10.4 Å². The first-order valence-corrected chi connectivity index (χ1v) is 15.6. The van der Waals surface area contributed by atoms with Gasteiger partial charge in [-0.15, -0.1) is 0 Å². The molecule has 0 aromatic carbocycles.